The minimum atomic E-state index is -0.841. The molecule has 1 aliphatic carbocycles. The van der Waals surface area contributed by atoms with Crippen molar-refractivity contribution in [2.45, 2.75) is 44.1 Å². The van der Waals surface area contributed by atoms with Crippen molar-refractivity contribution in [3.63, 3.8) is 0 Å². The van der Waals surface area contributed by atoms with Crippen molar-refractivity contribution in [1.29, 1.82) is 0 Å². The fourth-order valence-corrected chi connectivity index (χ4v) is 3.65. The van der Waals surface area contributed by atoms with Crippen molar-refractivity contribution in [3.8, 4) is 17.2 Å². The van der Waals surface area contributed by atoms with E-state index >= 15 is 0 Å². The average Bonchev–Trinajstić information content (AvgIpc) is 2.53. The lowest BCUT2D eigenvalue weighted by Gasteiger charge is -2.40. The summed E-state index contributed by atoms with van der Waals surface area (Å²) < 4.78 is 11.0. The van der Waals surface area contributed by atoms with E-state index in [9.17, 15) is 24.8 Å². The number of nitro groups is 1. The predicted molar refractivity (Wildman–Crippen MR) is 82.1 cm³/mol. The second-order valence-corrected chi connectivity index (χ2v) is 6.17. The Morgan fingerprint density at radius 1 is 1.33 bits per heavy atom. The van der Waals surface area contributed by atoms with Crippen LogP contribution >= 0.6 is 0 Å². The lowest BCUT2D eigenvalue weighted by atomic mass is 9.78. The third-order valence-corrected chi connectivity index (χ3v) is 4.74. The molecule has 0 saturated heterocycles. The predicted octanol–water partition coefficient (Wildman–Crippen LogP) is 2.79. The number of hydrogen-bond acceptors (Lipinski definition) is 7. The number of benzene rings is 1. The molecule has 8 heteroatoms. The van der Waals surface area contributed by atoms with Crippen molar-refractivity contribution >= 4 is 17.8 Å². The molecular weight excluding hydrogens is 318 g/mol. The molecule has 1 saturated carbocycles. The molecule has 0 atom stereocenters. The molecule has 0 unspecified atom stereocenters. The zero-order valence-corrected chi connectivity index (χ0v) is 13.2. The van der Waals surface area contributed by atoms with Crippen LogP contribution in [0.4, 0.5) is 5.69 Å². The highest BCUT2D eigenvalue weighted by atomic mass is 16.6. The number of phenols is 1. The number of phenolic OH excluding ortho intramolecular Hbond substituents is 1. The van der Waals surface area contributed by atoms with E-state index in [0.29, 0.717) is 12.8 Å². The van der Waals surface area contributed by atoms with Crippen LogP contribution < -0.4 is 9.47 Å². The van der Waals surface area contributed by atoms with Crippen molar-refractivity contribution in [1.82, 2.24) is 0 Å². The zero-order valence-electron chi connectivity index (χ0n) is 13.2. The summed E-state index contributed by atoms with van der Waals surface area (Å²) in [7, 11) is 1.23. The van der Waals surface area contributed by atoms with Crippen LogP contribution in [0.3, 0.4) is 0 Å². The van der Waals surface area contributed by atoms with E-state index in [1.807, 2.05) is 0 Å². The lowest BCUT2D eigenvalue weighted by Crippen LogP contribution is -2.44. The van der Waals surface area contributed by atoms with Gasteiger partial charge in [0.1, 0.15) is 22.5 Å². The Kier molecular flexibility index (Phi) is 3.90. The van der Waals surface area contributed by atoms with E-state index in [2.05, 4.69) is 0 Å². The van der Waals surface area contributed by atoms with Gasteiger partial charge in [-0.3, -0.25) is 19.7 Å². The second-order valence-electron chi connectivity index (χ2n) is 6.17. The Hall–Kier alpha value is -2.64. The van der Waals surface area contributed by atoms with Crippen LogP contribution in [-0.4, -0.2) is 34.8 Å². The minimum Gasteiger partial charge on any atom is -0.501 e. The molecule has 1 fully saturated rings. The average molecular weight is 335 g/mol. The van der Waals surface area contributed by atoms with Crippen molar-refractivity contribution in [2.24, 2.45) is 0 Å². The summed E-state index contributed by atoms with van der Waals surface area (Å²) in [4.78, 5) is 34.6. The van der Waals surface area contributed by atoms with E-state index in [0.717, 1.165) is 19.3 Å². The Morgan fingerprint density at radius 3 is 2.54 bits per heavy atom. The van der Waals surface area contributed by atoms with E-state index in [4.69, 9.17) is 9.47 Å². The lowest BCUT2D eigenvalue weighted by molar-refractivity contribution is -0.387. The number of ketones is 1. The summed E-state index contributed by atoms with van der Waals surface area (Å²) in [5.74, 6) is -1.69. The summed E-state index contributed by atoms with van der Waals surface area (Å²) in [6.07, 6.45) is 4.31. The van der Waals surface area contributed by atoms with Crippen LogP contribution in [0.2, 0.25) is 0 Å². The Morgan fingerprint density at radius 2 is 2.00 bits per heavy atom. The fraction of sp³-hybridized carbons (Fsp3) is 0.500. The van der Waals surface area contributed by atoms with Crippen LogP contribution in [0, 0.1) is 10.1 Å². The number of rotatable bonds is 3. The molecular formula is C16H17NO7. The molecule has 1 aromatic rings. The highest BCUT2D eigenvalue weighted by molar-refractivity contribution is 6.08. The van der Waals surface area contributed by atoms with Gasteiger partial charge in [0.15, 0.2) is 12.1 Å². The van der Waals surface area contributed by atoms with Gasteiger partial charge in [0.05, 0.1) is 18.5 Å². The van der Waals surface area contributed by atoms with Crippen molar-refractivity contribution < 1.29 is 29.1 Å². The molecule has 1 heterocycles. The third kappa shape index (κ3) is 2.29. The highest BCUT2D eigenvalue weighted by Gasteiger charge is 2.47. The highest BCUT2D eigenvalue weighted by Crippen LogP contribution is 2.53. The van der Waals surface area contributed by atoms with Crippen LogP contribution in [0.25, 0.3) is 0 Å². The maximum absolute atomic E-state index is 12.7. The Labute approximate surface area is 137 Å². The first-order valence-electron chi connectivity index (χ1n) is 7.73. The topological polar surface area (TPSA) is 116 Å². The van der Waals surface area contributed by atoms with Gasteiger partial charge in [-0.2, -0.15) is 0 Å². The normalized spacial score (nSPS) is 18.6. The first kappa shape index (κ1) is 16.2. The molecule has 1 aromatic carbocycles. The summed E-state index contributed by atoms with van der Waals surface area (Å²) in [5.41, 5.74) is -2.10. The number of nitrogens with zero attached hydrogens (tertiary/aromatic N) is 1. The first-order valence-corrected chi connectivity index (χ1v) is 7.73. The zero-order chi connectivity index (χ0) is 17.5. The van der Waals surface area contributed by atoms with Crippen LogP contribution in [-0.2, 0) is 0 Å². The largest absolute Gasteiger partial charge is 0.501 e. The summed E-state index contributed by atoms with van der Waals surface area (Å²) >= 11 is 0. The SMILES string of the molecule is COc1c(C=O)c(O)c([N+](=O)[O-])c2c1C(=O)CC1(CCCCC1)O2. The van der Waals surface area contributed by atoms with Gasteiger partial charge < -0.3 is 14.6 Å². The van der Waals surface area contributed by atoms with Gasteiger partial charge in [-0.05, 0) is 25.7 Å². The first-order chi connectivity index (χ1) is 11.4. The third-order valence-electron chi connectivity index (χ3n) is 4.74. The van der Waals surface area contributed by atoms with Gasteiger partial charge >= 0.3 is 5.69 Å². The summed E-state index contributed by atoms with van der Waals surface area (Å²) in [6.45, 7) is 0. The number of fused-ring (bicyclic) bond motifs is 1. The maximum atomic E-state index is 12.7. The molecule has 0 bridgehead atoms. The standard InChI is InChI=1S/C16H17NO7/c1-23-14-9(8-18)13(20)12(17(21)22)15-11(14)10(19)7-16(24-15)5-3-2-4-6-16/h8,20H,2-7H2,1H3. The van der Waals surface area contributed by atoms with Crippen LogP contribution in [0.5, 0.6) is 17.2 Å². The smallest absolute Gasteiger partial charge is 0.353 e. The molecule has 0 amide bonds. The molecule has 0 radical (unpaired) electrons. The molecule has 2 aliphatic rings. The molecule has 1 aliphatic heterocycles. The number of aldehydes is 1. The molecule has 1 spiro atoms. The van der Waals surface area contributed by atoms with E-state index < -0.39 is 27.5 Å². The molecule has 24 heavy (non-hydrogen) atoms. The van der Waals surface area contributed by atoms with Gasteiger partial charge in [-0.25, -0.2) is 0 Å². The molecule has 8 nitrogen and oxygen atoms in total. The number of nitro benzene ring substituents is 1. The number of hydrogen-bond donors (Lipinski definition) is 1. The molecule has 1 N–H and O–H groups in total. The van der Waals surface area contributed by atoms with Gasteiger partial charge in [0.2, 0.25) is 11.5 Å². The number of carbonyl (C=O) groups is 2. The van der Waals surface area contributed by atoms with Gasteiger partial charge in [0.25, 0.3) is 0 Å². The number of methoxy groups -OCH3 is 1. The Bertz CT molecular complexity index is 735. The van der Waals surface area contributed by atoms with Gasteiger partial charge in [-0.15, -0.1) is 0 Å². The monoisotopic (exact) mass is 335 g/mol. The van der Waals surface area contributed by atoms with Gasteiger partial charge in [-0.1, -0.05) is 6.42 Å². The molecule has 0 aromatic heterocycles. The number of Topliss-reactive ketones (excluding diaryl/α,β-unsaturated/α-hetero) is 1. The Balaban J connectivity index is 2.28. The quantitative estimate of drug-likeness (QED) is 0.513. The summed E-state index contributed by atoms with van der Waals surface area (Å²) in [5, 5.41) is 21.6. The fourth-order valence-electron chi connectivity index (χ4n) is 3.65. The summed E-state index contributed by atoms with van der Waals surface area (Å²) in [6, 6.07) is 0. The second kappa shape index (κ2) is 5.77. The van der Waals surface area contributed by atoms with Crippen molar-refractivity contribution in [2.75, 3.05) is 7.11 Å². The maximum Gasteiger partial charge on any atom is 0.353 e. The minimum absolute atomic E-state index is 0.0799. The number of aromatic hydroxyl groups is 1. The van der Waals surface area contributed by atoms with Crippen LogP contribution in [0.1, 0.15) is 59.2 Å². The molecule has 3 rings (SSSR count). The van der Waals surface area contributed by atoms with Gasteiger partial charge in [0, 0.05) is 0 Å². The van der Waals surface area contributed by atoms with E-state index in [1.54, 1.807) is 0 Å². The van der Waals surface area contributed by atoms with Crippen molar-refractivity contribution in [3.05, 3.63) is 21.2 Å². The number of carbonyl (C=O) groups excluding carboxylic acids is 2. The number of ether oxygens (including phenoxy) is 2. The van der Waals surface area contributed by atoms with Crippen LogP contribution in [0.15, 0.2) is 0 Å². The van der Waals surface area contributed by atoms with E-state index in [-0.39, 0.29) is 35.6 Å². The molecule has 128 valence electrons. The van der Waals surface area contributed by atoms with E-state index in [1.165, 1.54) is 7.11 Å².